The van der Waals surface area contributed by atoms with Crippen LogP contribution in [0.5, 0.6) is 5.75 Å². The van der Waals surface area contributed by atoms with Gasteiger partial charge in [-0.3, -0.25) is 4.79 Å². The minimum Gasteiger partial charge on any atom is -0.496 e. The average Bonchev–Trinajstić information content (AvgIpc) is 2.77. The first-order valence-corrected chi connectivity index (χ1v) is 11.9. The van der Waals surface area contributed by atoms with Crippen LogP contribution in [0.25, 0.3) is 0 Å². The monoisotopic (exact) mass is 450 g/mol. The maximum atomic E-state index is 13.3. The van der Waals surface area contributed by atoms with E-state index in [-0.39, 0.29) is 29.9 Å². The Labute approximate surface area is 183 Å². The average molecular weight is 451 g/mol. The number of hydrogen-bond acceptors (Lipinski definition) is 4. The lowest BCUT2D eigenvalue weighted by atomic mass is 9.95. The Bertz CT molecular complexity index is 957. The van der Waals surface area contributed by atoms with Crippen molar-refractivity contribution in [2.24, 2.45) is 0 Å². The molecule has 0 unspecified atom stereocenters. The highest BCUT2D eigenvalue weighted by atomic mass is 35.5. The molecular weight excluding hydrogens is 424 g/mol. The second-order valence-electron chi connectivity index (χ2n) is 7.38. The van der Waals surface area contributed by atoms with E-state index in [1.54, 1.807) is 19.2 Å². The van der Waals surface area contributed by atoms with E-state index in [1.807, 2.05) is 24.3 Å². The molecule has 162 valence electrons. The maximum absolute atomic E-state index is 13.3. The fourth-order valence-electron chi connectivity index (χ4n) is 3.76. The minimum atomic E-state index is -3.82. The van der Waals surface area contributed by atoms with Crippen LogP contribution in [0, 0.1) is 0 Å². The van der Waals surface area contributed by atoms with Crippen molar-refractivity contribution in [3.05, 3.63) is 59.1 Å². The minimum absolute atomic E-state index is 0.148. The van der Waals surface area contributed by atoms with E-state index in [2.05, 4.69) is 5.32 Å². The molecule has 1 aliphatic rings. The smallest absolute Gasteiger partial charge is 0.243 e. The van der Waals surface area contributed by atoms with Crippen molar-refractivity contribution in [1.82, 2.24) is 9.62 Å². The summed E-state index contributed by atoms with van der Waals surface area (Å²) in [4.78, 5) is 12.9. The summed E-state index contributed by atoms with van der Waals surface area (Å²) in [7, 11) is -2.25. The Hall–Kier alpha value is -2.09. The highest BCUT2D eigenvalue weighted by Gasteiger charge is 2.33. The largest absolute Gasteiger partial charge is 0.496 e. The molecule has 0 aromatic heterocycles. The molecule has 0 radical (unpaired) electrons. The molecule has 0 heterocycles. The molecule has 0 spiro atoms. The normalized spacial score (nSPS) is 15.2. The molecule has 0 saturated heterocycles. The van der Waals surface area contributed by atoms with E-state index in [4.69, 9.17) is 16.3 Å². The Balaban J connectivity index is 1.77. The molecule has 1 saturated carbocycles. The van der Waals surface area contributed by atoms with Crippen LogP contribution in [0.2, 0.25) is 5.02 Å². The van der Waals surface area contributed by atoms with Crippen molar-refractivity contribution < 1.29 is 17.9 Å². The van der Waals surface area contributed by atoms with Gasteiger partial charge in [-0.15, -0.1) is 0 Å². The van der Waals surface area contributed by atoms with Crippen LogP contribution in [0.4, 0.5) is 0 Å². The third kappa shape index (κ3) is 5.53. The van der Waals surface area contributed by atoms with Gasteiger partial charge in [0.1, 0.15) is 5.75 Å². The van der Waals surface area contributed by atoms with Crippen molar-refractivity contribution in [2.45, 2.75) is 49.6 Å². The maximum Gasteiger partial charge on any atom is 0.243 e. The van der Waals surface area contributed by atoms with E-state index in [0.717, 1.165) is 37.7 Å². The van der Waals surface area contributed by atoms with Gasteiger partial charge in [0, 0.05) is 23.2 Å². The number of nitrogens with one attached hydrogen (secondary N) is 1. The third-order valence-corrected chi connectivity index (χ3v) is 7.53. The lowest BCUT2D eigenvalue weighted by Crippen LogP contribution is -2.46. The summed E-state index contributed by atoms with van der Waals surface area (Å²) in [6, 6.07) is 13.3. The van der Waals surface area contributed by atoms with Gasteiger partial charge in [0.25, 0.3) is 0 Å². The molecule has 0 bridgehead atoms. The zero-order chi connectivity index (χ0) is 21.6. The summed E-state index contributed by atoms with van der Waals surface area (Å²) in [6.07, 6.45) is 4.52. The molecule has 0 aliphatic heterocycles. The topological polar surface area (TPSA) is 75.7 Å². The Kier molecular flexibility index (Phi) is 7.75. The number of para-hydroxylation sites is 1. The number of methoxy groups -OCH3 is 1. The van der Waals surface area contributed by atoms with Crippen LogP contribution in [0.3, 0.4) is 0 Å². The lowest BCUT2D eigenvalue weighted by Gasteiger charge is -2.33. The molecule has 6 nitrogen and oxygen atoms in total. The summed E-state index contributed by atoms with van der Waals surface area (Å²) in [6.45, 7) is 0.0487. The second-order valence-corrected chi connectivity index (χ2v) is 9.71. The molecule has 2 aromatic rings. The predicted molar refractivity (Wildman–Crippen MR) is 117 cm³/mol. The van der Waals surface area contributed by atoms with Gasteiger partial charge in [-0.25, -0.2) is 8.42 Å². The van der Waals surface area contributed by atoms with Crippen molar-refractivity contribution in [3.8, 4) is 5.75 Å². The van der Waals surface area contributed by atoms with Crippen LogP contribution in [0.15, 0.2) is 53.4 Å². The zero-order valence-electron chi connectivity index (χ0n) is 17.0. The highest BCUT2D eigenvalue weighted by Crippen LogP contribution is 2.28. The van der Waals surface area contributed by atoms with Crippen LogP contribution in [-0.2, 0) is 21.4 Å². The Morgan fingerprint density at radius 2 is 1.77 bits per heavy atom. The van der Waals surface area contributed by atoms with Crippen LogP contribution >= 0.6 is 11.6 Å². The van der Waals surface area contributed by atoms with Gasteiger partial charge >= 0.3 is 0 Å². The zero-order valence-corrected chi connectivity index (χ0v) is 18.6. The molecule has 30 heavy (non-hydrogen) atoms. The van der Waals surface area contributed by atoms with Crippen molar-refractivity contribution in [2.75, 3.05) is 13.7 Å². The lowest BCUT2D eigenvalue weighted by molar-refractivity contribution is -0.121. The highest BCUT2D eigenvalue weighted by molar-refractivity contribution is 7.89. The van der Waals surface area contributed by atoms with Crippen molar-refractivity contribution >= 4 is 27.5 Å². The summed E-state index contributed by atoms with van der Waals surface area (Å²) in [5.74, 6) is 0.333. The Morgan fingerprint density at radius 1 is 1.10 bits per heavy atom. The van der Waals surface area contributed by atoms with Crippen LogP contribution < -0.4 is 10.1 Å². The van der Waals surface area contributed by atoms with E-state index in [0.29, 0.717) is 10.8 Å². The number of ether oxygens (including phenoxy) is 1. The van der Waals surface area contributed by atoms with Gasteiger partial charge in [-0.05, 0) is 43.2 Å². The number of amides is 1. The van der Waals surface area contributed by atoms with Gasteiger partial charge in [0.15, 0.2) is 0 Å². The first-order valence-electron chi connectivity index (χ1n) is 10.1. The number of nitrogens with zero attached hydrogens (tertiary/aromatic N) is 1. The van der Waals surface area contributed by atoms with Gasteiger partial charge < -0.3 is 10.1 Å². The summed E-state index contributed by atoms with van der Waals surface area (Å²) >= 11 is 5.92. The van der Waals surface area contributed by atoms with Crippen LogP contribution in [-0.4, -0.2) is 38.3 Å². The molecule has 0 atom stereocenters. The Morgan fingerprint density at radius 3 is 2.43 bits per heavy atom. The first-order chi connectivity index (χ1) is 14.4. The van der Waals surface area contributed by atoms with Gasteiger partial charge in [0.2, 0.25) is 15.9 Å². The number of halogens is 1. The number of rotatable bonds is 8. The number of hydrogen-bond donors (Lipinski definition) is 1. The van der Waals surface area contributed by atoms with Crippen molar-refractivity contribution in [1.29, 1.82) is 0 Å². The van der Waals surface area contributed by atoms with E-state index < -0.39 is 10.0 Å². The van der Waals surface area contributed by atoms with Gasteiger partial charge in [-0.2, -0.15) is 4.31 Å². The third-order valence-electron chi connectivity index (χ3n) is 5.37. The van der Waals surface area contributed by atoms with Crippen LogP contribution in [0.1, 0.15) is 37.7 Å². The van der Waals surface area contributed by atoms with E-state index >= 15 is 0 Å². The van der Waals surface area contributed by atoms with Gasteiger partial charge in [0.05, 0.1) is 18.6 Å². The quantitative estimate of drug-likeness (QED) is 0.659. The standard InChI is InChI=1S/C22H27ClN2O4S/c1-29-21-10-6-5-7-17(21)15-24-22(26)16-25(19-8-3-2-4-9-19)30(27,28)20-13-11-18(23)12-14-20/h5-7,10-14,19H,2-4,8-9,15-16H2,1H3,(H,24,26). The molecule has 1 aliphatic carbocycles. The molecular formula is C22H27ClN2O4S. The summed E-state index contributed by atoms with van der Waals surface area (Å²) in [5, 5.41) is 3.30. The first kappa shape index (κ1) is 22.6. The van der Waals surface area contributed by atoms with Gasteiger partial charge in [-0.1, -0.05) is 49.1 Å². The summed E-state index contributed by atoms with van der Waals surface area (Å²) < 4.78 is 33.3. The van der Waals surface area contributed by atoms with E-state index in [1.165, 1.54) is 16.4 Å². The SMILES string of the molecule is COc1ccccc1CNC(=O)CN(C1CCCCC1)S(=O)(=O)c1ccc(Cl)cc1. The van der Waals surface area contributed by atoms with E-state index in [9.17, 15) is 13.2 Å². The number of benzene rings is 2. The number of carbonyl (C=O) groups excluding carboxylic acids is 1. The molecule has 1 amide bonds. The molecule has 1 fully saturated rings. The molecule has 2 aromatic carbocycles. The fourth-order valence-corrected chi connectivity index (χ4v) is 5.53. The summed E-state index contributed by atoms with van der Waals surface area (Å²) in [5.41, 5.74) is 0.832. The number of carbonyl (C=O) groups is 1. The predicted octanol–water partition coefficient (Wildman–Crippen LogP) is 3.99. The molecule has 3 rings (SSSR count). The number of sulfonamides is 1. The molecule has 8 heteroatoms. The molecule has 1 N–H and O–H groups in total. The second kappa shape index (κ2) is 10.3. The van der Waals surface area contributed by atoms with Crippen molar-refractivity contribution in [3.63, 3.8) is 0 Å². The fraction of sp³-hybridized carbons (Fsp3) is 0.409.